The van der Waals surface area contributed by atoms with Crippen molar-refractivity contribution in [3.63, 3.8) is 0 Å². The minimum Gasteiger partial charge on any atom is -0.445 e. The highest BCUT2D eigenvalue weighted by Gasteiger charge is 2.34. The first kappa shape index (κ1) is 24.7. The van der Waals surface area contributed by atoms with E-state index < -0.39 is 17.8 Å². The molecule has 1 saturated heterocycles. The lowest BCUT2D eigenvalue weighted by atomic mass is 9.74. The molecule has 35 heavy (non-hydrogen) atoms. The summed E-state index contributed by atoms with van der Waals surface area (Å²) in [6.07, 6.45) is 5.27. The van der Waals surface area contributed by atoms with Crippen LogP contribution in [0.5, 0.6) is 0 Å². The van der Waals surface area contributed by atoms with Gasteiger partial charge >= 0.3 is 6.09 Å². The second-order valence-electron chi connectivity index (χ2n) is 9.38. The summed E-state index contributed by atoms with van der Waals surface area (Å²) in [6.45, 7) is 1.71. The lowest BCUT2D eigenvalue weighted by Gasteiger charge is -2.32. The van der Waals surface area contributed by atoms with Crippen LogP contribution in [0.25, 0.3) is 0 Å². The first-order valence-electron chi connectivity index (χ1n) is 12.3. The molecule has 0 spiro atoms. The molecule has 3 atom stereocenters. The maximum atomic E-state index is 13.3. The predicted octanol–water partition coefficient (Wildman–Crippen LogP) is 4.17. The van der Waals surface area contributed by atoms with Gasteiger partial charge in [-0.3, -0.25) is 9.59 Å². The Balaban J connectivity index is 1.41. The summed E-state index contributed by atoms with van der Waals surface area (Å²) in [5, 5.41) is 2.79. The van der Waals surface area contributed by atoms with Crippen LogP contribution in [0.1, 0.15) is 67.2 Å². The van der Waals surface area contributed by atoms with E-state index in [4.69, 9.17) is 10.5 Å². The number of halogens is 1. The third-order valence-corrected chi connectivity index (χ3v) is 7.01. The average molecular weight is 482 g/mol. The molecule has 7 nitrogen and oxygen atoms in total. The van der Waals surface area contributed by atoms with Gasteiger partial charge in [0.05, 0.1) is 0 Å². The van der Waals surface area contributed by atoms with Crippen molar-refractivity contribution in [1.29, 1.82) is 0 Å². The van der Waals surface area contributed by atoms with E-state index in [0.29, 0.717) is 12.0 Å². The summed E-state index contributed by atoms with van der Waals surface area (Å²) < 4.78 is 18.7. The highest BCUT2D eigenvalue weighted by molar-refractivity contribution is 5.89. The number of rotatable bonds is 7. The van der Waals surface area contributed by atoms with Crippen LogP contribution in [0.2, 0.25) is 0 Å². The van der Waals surface area contributed by atoms with Crippen molar-refractivity contribution < 1.29 is 23.5 Å². The second-order valence-corrected chi connectivity index (χ2v) is 9.38. The molecule has 4 rings (SSSR count). The van der Waals surface area contributed by atoms with Crippen LogP contribution in [0.4, 0.5) is 9.18 Å². The van der Waals surface area contributed by atoms with Crippen LogP contribution >= 0.6 is 0 Å². The molecule has 1 aliphatic carbocycles. The van der Waals surface area contributed by atoms with Gasteiger partial charge in [0.15, 0.2) is 0 Å². The molecular formula is C27H32FN3O4. The van der Waals surface area contributed by atoms with E-state index >= 15 is 0 Å². The Morgan fingerprint density at radius 2 is 1.63 bits per heavy atom. The molecule has 1 aliphatic heterocycles. The Morgan fingerprint density at radius 3 is 2.29 bits per heavy atom. The van der Waals surface area contributed by atoms with Gasteiger partial charge in [0.25, 0.3) is 0 Å². The number of carbonyl (C=O) groups excluding carboxylic acids is 3. The van der Waals surface area contributed by atoms with Gasteiger partial charge in [0.1, 0.15) is 18.5 Å². The first-order valence-corrected chi connectivity index (χ1v) is 12.3. The number of hydrogen-bond acceptors (Lipinski definition) is 4. The standard InChI is InChI=1S/C27H32FN3O4/c28-21-13-11-20(12-14-21)24(25(29)32)30-26(33)23-6-2-1-5-22(23)19-9-7-18(8-10-19)17-35-27(34)31-15-3-4-16-31/h7-14,22-24H,1-6,15-17H2,(H2,29,32)(H,30,33). The van der Waals surface area contributed by atoms with E-state index in [1.165, 1.54) is 24.3 Å². The van der Waals surface area contributed by atoms with Crippen LogP contribution in [-0.4, -0.2) is 35.9 Å². The molecule has 2 aromatic carbocycles. The predicted molar refractivity (Wildman–Crippen MR) is 129 cm³/mol. The van der Waals surface area contributed by atoms with E-state index in [1.54, 1.807) is 4.90 Å². The summed E-state index contributed by atoms with van der Waals surface area (Å²) in [5.41, 5.74) is 7.93. The zero-order valence-electron chi connectivity index (χ0n) is 19.8. The molecule has 3 unspecified atom stereocenters. The van der Waals surface area contributed by atoms with E-state index in [9.17, 15) is 18.8 Å². The summed E-state index contributed by atoms with van der Waals surface area (Å²) in [7, 11) is 0. The molecule has 2 fully saturated rings. The van der Waals surface area contributed by atoms with E-state index in [0.717, 1.165) is 56.3 Å². The molecule has 1 saturated carbocycles. The summed E-state index contributed by atoms with van der Waals surface area (Å²) in [4.78, 5) is 39.2. The van der Waals surface area contributed by atoms with E-state index in [2.05, 4.69) is 5.32 Å². The van der Waals surface area contributed by atoms with Gasteiger partial charge in [-0.05, 0) is 60.4 Å². The molecular weight excluding hydrogens is 449 g/mol. The molecule has 8 heteroatoms. The second kappa shape index (κ2) is 11.3. The highest BCUT2D eigenvalue weighted by atomic mass is 19.1. The normalized spacial score (nSPS) is 20.8. The maximum Gasteiger partial charge on any atom is 0.410 e. The molecule has 186 valence electrons. The van der Waals surface area contributed by atoms with Crippen molar-refractivity contribution in [2.75, 3.05) is 13.1 Å². The van der Waals surface area contributed by atoms with Crippen molar-refractivity contribution in [1.82, 2.24) is 10.2 Å². The molecule has 0 aromatic heterocycles. The molecule has 3 N–H and O–H groups in total. The monoisotopic (exact) mass is 481 g/mol. The van der Waals surface area contributed by atoms with Crippen LogP contribution in [0.3, 0.4) is 0 Å². The zero-order valence-corrected chi connectivity index (χ0v) is 19.8. The number of benzene rings is 2. The van der Waals surface area contributed by atoms with Gasteiger partial charge in [0, 0.05) is 19.0 Å². The lowest BCUT2D eigenvalue weighted by Crippen LogP contribution is -2.42. The fourth-order valence-corrected chi connectivity index (χ4v) is 5.06. The van der Waals surface area contributed by atoms with Gasteiger partial charge in [-0.1, -0.05) is 49.2 Å². The maximum absolute atomic E-state index is 13.3. The number of amides is 3. The van der Waals surface area contributed by atoms with E-state index in [-0.39, 0.29) is 30.4 Å². The van der Waals surface area contributed by atoms with Crippen LogP contribution in [0, 0.1) is 11.7 Å². The molecule has 0 radical (unpaired) electrons. The highest BCUT2D eigenvalue weighted by Crippen LogP contribution is 2.38. The zero-order chi connectivity index (χ0) is 24.8. The number of ether oxygens (including phenoxy) is 1. The van der Waals surface area contributed by atoms with Gasteiger partial charge in [-0.2, -0.15) is 0 Å². The van der Waals surface area contributed by atoms with Gasteiger partial charge in [0.2, 0.25) is 11.8 Å². The Bertz CT molecular complexity index is 1040. The van der Waals surface area contributed by atoms with Gasteiger partial charge in [-0.25, -0.2) is 9.18 Å². The van der Waals surface area contributed by atoms with Gasteiger partial charge in [-0.15, -0.1) is 0 Å². The minimum atomic E-state index is -1.02. The van der Waals surface area contributed by atoms with Crippen LogP contribution < -0.4 is 11.1 Å². The Labute approximate surface area is 204 Å². The summed E-state index contributed by atoms with van der Waals surface area (Å²) >= 11 is 0. The SMILES string of the molecule is NC(=O)C(NC(=O)C1CCCCC1c1ccc(COC(=O)N2CCCC2)cc1)c1ccc(F)cc1. The Kier molecular flexibility index (Phi) is 8.00. The third-order valence-electron chi connectivity index (χ3n) is 7.01. The molecule has 0 bridgehead atoms. The first-order chi connectivity index (χ1) is 16.9. The van der Waals surface area contributed by atoms with Gasteiger partial charge < -0.3 is 20.7 Å². The van der Waals surface area contributed by atoms with Crippen molar-refractivity contribution in [3.8, 4) is 0 Å². The largest absolute Gasteiger partial charge is 0.445 e. The average Bonchev–Trinajstić information content (AvgIpc) is 3.42. The molecule has 2 aliphatic rings. The number of nitrogens with zero attached hydrogens (tertiary/aromatic N) is 1. The quantitative estimate of drug-likeness (QED) is 0.620. The fraction of sp³-hybridized carbons (Fsp3) is 0.444. The van der Waals surface area contributed by atoms with Crippen molar-refractivity contribution >= 4 is 17.9 Å². The molecule has 1 heterocycles. The number of carbonyl (C=O) groups is 3. The number of hydrogen-bond donors (Lipinski definition) is 2. The van der Waals surface area contributed by atoms with E-state index in [1.807, 2.05) is 24.3 Å². The number of likely N-dealkylation sites (tertiary alicyclic amines) is 1. The smallest absolute Gasteiger partial charge is 0.410 e. The Hall–Kier alpha value is -3.42. The Morgan fingerprint density at radius 1 is 0.971 bits per heavy atom. The lowest BCUT2D eigenvalue weighted by molar-refractivity contribution is -0.131. The number of nitrogens with two attached hydrogens (primary N) is 1. The minimum absolute atomic E-state index is 0.00620. The fourth-order valence-electron chi connectivity index (χ4n) is 5.06. The van der Waals surface area contributed by atoms with Crippen LogP contribution in [0.15, 0.2) is 48.5 Å². The molecule has 2 aromatic rings. The van der Waals surface area contributed by atoms with Crippen molar-refractivity contribution in [3.05, 3.63) is 71.0 Å². The number of primary amides is 1. The topological polar surface area (TPSA) is 102 Å². The summed E-state index contributed by atoms with van der Waals surface area (Å²) in [6, 6.07) is 12.2. The number of nitrogens with one attached hydrogen (secondary N) is 1. The third kappa shape index (κ3) is 6.18. The van der Waals surface area contributed by atoms with Crippen molar-refractivity contribution in [2.45, 2.75) is 57.1 Å². The summed E-state index contributed by atoms with van der Waals surface area (Å²) in [5.74, 6) is -1.64. The molecule has 3 amide bonds. The van der Waals surface area contributed by atoms with Crippen LogP contribution in [-0.2, 0) is 20.9 Å². The van der Waals surface area contributed by atoms with Crippen molar-refractivity contribution in [2.24, 2.45) is 11.7 Å².